The summed E-state index contributed by atoms with van der Waals surface area (Å²) in [7, 11) is 0. The van der Waals surface area contributed by atoms with Gasteiger partial charge in [0, 0.05) is 19.0 Å². The molecule has 3 heterocycles. The minimum atomic E-state index is -0.601. The van der Waals surface area contributed by atoms with E-state index in [0.717, 1.165) is 18.7 Å². The summed E-state index contributed by atoms with van der Waals surface area (Å²) in [6, 6.07) is 4.34. The Hall–Kier alpha value is -2.81. The van der Waals surface area contributed by atoms with E-state index in [1.807, 2.05) is 0 Å². The van der Waals surface area contributed by atoms with Gasteiger partial charge in [-0.3, -0.25) is 4.79 Å². The van der Waals surface area contributed by atoms with Gasteiger partial charge in [0.25, 0.3) is 11.8 Å². The Bertz CT molecular complexity index is 1030. The number of hydrogen-bond donors (Lipinski definition) is 0. The Kier molecular flexibility index (Phi) is 4.54. The molecular formula is C19H18ClFN6O2. The molecule has 1 amide bonds. The fourth-order valence-corrected chi connectivity index (χ4v) is 3.84. The zero-order chi connectivity index (χ0) is 20.0. The predicted molar refractivity (Wildman–Crippen MR) is 101 cm³/mol. The van der Waals surface area contributed by atoms with Crippen LogP contribution in [0, 0.1) is 5.82 Å². The van der Waals surface area contributed by atoms with Crippen LogP contribution in [0.15, 0.2) is 28.9 Å². The van der Waals surface area contributed by atoms with Crippen molar-refractivity contribution in [2.45, 2.75) is 37.6 Å². The van der Waals surface area contributed by atoms with Crippen molar-refractivity contribution in [3.05, 3.63) is 46.6 Å². The van der Waals surface area contributed by atoms with Crippen LogP contribution >= 0.6 is 11.6 Å². The summed E-state index contributed by atoms with van der Waals surface area (Å²) in [6.07, 6.45) is 5.34. The van der Waals surface area contributed by atoms with Crippen molar-refractivity contribution in [3.63, 3.8) is 0 Å². The second-order valence-electron chi connectivity index (χ2n) is 7.44. The zero-order valence-electron chi connectivity index (χ0n) is 15.5. The summed E-state index contributed by atoms with van der Waals surface area (Å²) in [5, 5.41) is 12.5. The predicted octanol–water partition coefficient (Wildman–Crippen LogP) is 3.48. The van der Waals surface area contributed by atoms with E-state index in [1.54, 1.807) is 15.8 Å². The molecule has 0 unspecified atom stereocenters. The van der Waals surface area contributed by atoms with Gasteiger partial charge in [-0.2, -0.15) is 4.98 Å². The van der Waals surface area contributed by atoms with Crippen LogP contribution in [0.25, 0.3) is 11.6 Å². The van der Waals surface area contributed by atoms with E-state index in [2.05, 4.69) is 20.5 Å². The first-order chi connectivity index (χ1) is 14.1. The molecule has 1 saturated carbocycles. The van der Waals surface area contributed by atoms with Crippen molar-refractivity contribution in [3.8, 4) is 11.6 Å². The molecule has 1 aliphatic heterocycles. The van der Waals surface area contributed by atoms with E-state index in [1.165, 1.54) is 18.2 Å². The number of carbonyl (C=O) groups is 1. The highest BCUT2D eigenvalue weighted by Crippen LogP contribution is 2.38. The van der Waals surface area contributed by atoms with E-state index in [0.29, 0.717) is 43.4 Å². The Labute approximate surface area is 170 Å². The summed E-state index contributed by atoms with van der Waals surface area (Å²) in [6.45, 7) is 0.964. The molecule has 1 aliphatic carbocycles. The highest BCUT2D eigenvalue weighted by atomic mass is 35.5. The molecule has 0 radical (unpaired) electrons. The molecular weight excluding hydrogens is 399 g/mol. The van der Waals surface area contributed by atoms with Crippen LogP contribution in [-0.2, 0) is 0 Å². The lowest BCUT2D eigenvalue weighted by Gasteiger charge is -2.32. The molecule has 29 heavy (non-hydrogen) atoms. The molecule has 0 atom stereocenters. The molecule has 3 aromatic rings. The third-order valence-electron chi connectivity index (χ3n) is 5.42. The van der Waals surface area contributed by atoms with Crippen LogP contribution in [0.5, 0.6) is 0 Å². The summed E-state index contributed by atoms with van der Waals surface area (Å²) in [5.41, 5.74) is 0.472. The lowest BCUT2D eigenvalue weighted by atomic mass is 10.0. The standard InChI is InChI=1S/C19H18ClFN6O2/c20-13-2-1-3-14(21)16(13)19(28)26-8-6-12(7-9-26)27-10-15(23-25-27)18-22-17(24-29-18)11-4-5-11/h1-3,10-12H,4-9H2. The van der Waals surface area contributed by atoms with Gasteiger partial charge in [-0.05, 0) is 37.8 Å². The van der Waals surface area contributed by atoms with Crippen molar-refractivity contribution >= 4 is 17.5 Å². The van der Waals surface area contributed by atoms with Crippen LogP contribution in [0.2, 0.25) is 5.02 Å². The smallest absolute Gasteiger partial charge is 0.280 e. The molecule has 10 heteroatoms. The van der Waals surface area contributed by atoms with E-state index < -0.39 is 5.82 Å². The third kappa shape index (κ3) is 3.50. The number of benzene rings is 1. The largest absolute Gasteiger partial charge is 0.338 e. The van der Waals surface area contributed by atoms with Crippen molar-refractivity contribution in [2.75, 3.05) is 13.1 Å². The topological polar surface area (TPSA) is 89.9 Å². The van der Waals surface area contributed by atoms with Gasteiger partial charge in [0.1, 0.15) is 5.82 Å². The van der Waals surface area contributed by atoms with Gasteiger partial charge < -0.3 is 9.42 Å². The van der Waals surface area contributed by atoms with Gasteiger partial charge in [-0.25, -0.2) is 9.07 Å². The number of likely N-dealkylation sites (tertiary alicyclic amines) is 1. The van der Waals surface area contributed by atoms with Crippen LogP contribution in [0.4, 0.5) is 4.39 Å². The number of carbonyl (C=O) groups excluding carboxylic acids is 1. The molecule has 150 valence electrons. The second-order valence-corrected chi connectivity index (χ2v) is 7.84. The Balaban J connectivity index is 1.25. The van der Waals surface area contributed by atoms with Gasteiger partial charge in [0.2, 0.25) is 0 Å². The van der Waals surface area contributed by atoms with Gasteiger partial charge >= 0.3 is 0 Å². The molecule has 0 bridgehead atoms. The van der Waals surface area contributed by atoms with Crippen molar-refractivity contribution < 1.29 is 13.7 Å². The number of hydrogen-bond acceptors (Lipinski definition) is 6. The molecule has 1 aromatic carbocycles. The van der Waals surface area contributed by atoms with Gasteiger partial charge in [-0.15, -0.1) is 5.10 Å². The number of halogens is 2. The Morgan fingerprint density at radius 3 is 2.72 bits per heavy atom. The van der Waals surface area contributed by atoms with Gasteiger partial charge in [0.05, 0.1) is 22.8 Å². The first kappa shape index (κ1) is 18.2. The first-order valence-electron chi connectivity index (χ1n) is 9.59. The minimum absolute atomic E-state index is 0.0708. The molecule has 8 nitrogen and oxygen atoms in total. The summed E-state index contributed by atoms with van der Waals surface area (Å²) in [4.78, 5) is 18.7. The normalized spacial score (nSPS) is 17.7. The molecule has 2 aromatic heterocycles. The summed E-state index contributed by atoms with van der Waals surface area (Å²) < 4.78 is 21.1. The number of nitrogens with zero attached hydrogens (tertiary/aromatic N) is 6. The van der Waals surface area contributed by atoms with Crippen LogP contribution in [-0.4, -0.2) is 49.0 Å². The fourth-order valence-electron chi connectivity index (χ4n) is 3.59. The number of rotatable bonds is 4. The Morgan fingerprint density at radius 1 is 1.21 bits per heavy atom. The fraction of sp³-hybridized carbons (Fsp3) is 0.421. The zero-order valence-corrected chi connectivity index (χ0v) is 16.2. The molecule has 0 spiro atoms. The average molecular weight is 417 g/mol. The van der Waals surface area contributed by atoms with Gasteiger partial charge in [-0.1, -0.05) is 28.0 Å². The first-order valence-corrected chi connectivity index (χ1v) is 9.97. The minimum Gasteiger partial charge on any atom is -0.338 e. The maximum absolute atomic E-state index is 14.0. The molecule has 2 fully saturated rings. The summed E-state index contributed by atoms with van der Waals surface area (Å²) in [5.74, 6) is 0.528. The maximum atomic E-state index is 14.0. The SMILES string of the molecule is O=C(c1c(F)cccc1Cl)N1CCC(n2cc(-c3nc(C4CC4)no3)nn2)CC1. The van der Waals surface area contributed by atoms with Crippen LogP contribution < -0.4 is 0 Å². The van der Waals surface area contributed by atoms with Crippen LogP contribution in [0.3, 0.4) is 0 Å². The van der Waals surface area contributed by atoms with E-state index in [9.17, 15) is 9.18 Å². The Morgan fingerprint density at radius 2 is 2.00 bits per heavy atom. The molecule has 0 N–H and O–H groups in total. The van der Waals surface area contributed by atoms with Crippen molar-refractivity contribution in [1.82, 2.24) is 30.0 Å². The van der Waals surface area contributed by atoms with Crippen molar-refractivity contribution in [1.29, 1.82) is 0 Å². The summed E-state index contributed by atoms with van der Waals surface area (Å²) >= 11 is 6.02. The maximum Gasteiger partial charge on any atom is 0.280 e. The third-order valence-corrected chi connectivity index (χ3v) is 5.73. The lowest BCUT2D eigenvalue weighted by molar-refractivity contribution is 0.0684. The van der Waals surface area contributed by atoms with Gasteiger partial charge in [0.15, 0.2) is 11.5 Å². The highest BCUT2D eigenvalue weighted by Gasteiger charge is 2.30. The average Bonchev–Trinajstić information content (AvgIpc) is 3.25. The monoisotopic (exact) mass is 416 g/mol. The highest BCUT2D eigenvalue weighted by molar-refractivity contribution is 6.33. The lowest BCUT2D eigenvalue weighted by Crippen LogP contribution is -2.39. The number of aromatic nitrogens is 5. The van der Waals surface area contributed by atoms with Crippen molar-refractivity contribution in [2.24, 2.45) is 0 Å². The molecule has 2 aliphatic rings. The van der Waals surface area contributed by atoms with Crippen LogP contribution in [0.1, 0.15) is 53.8 Å². The second kappa shape index (κ2) is 7.22. The number of amides is 1. The van der Waals surface area contributed by atoms with E-state index in [-0.39, 0.29) is 22.5 Å². The number of piperidine rings is 1. The van der Waals surface area contributed by atoms with E-state index >= 15 is 0 Å². The molecule has 5 rings (SSSR count). The van der Waals surface area contributed by atoms with E-state index in [4.69, 9.17) is 16.1 Å². The molecule has 1 saturated heterocycles. The quantitative estimate of drug-likeness (QED) is 0.646.